The second kappa shape index (κ2) is 6.31. The van der Waals surface area contributed by atoms with Crippen molar-refractivity contribution in [2.45, 2.75) is 25.2 Å². The average molecular weight is 363 g/mol. The van der Waals surface area contributed by atoms with Crippen LogP contribution >= 0.6 is 0 Å². The van der Waals surface area contributed by atoms with Crippen molar-refractivity contribution in [1.82, 2.24) is 4.31 Å². The van der Waals surface area contributed by atoms with Crippen LogP contribution in [0.25, 0.3) is 10.8 Å². The number of nitrogens with zero attached hydrogens (tertiary/aromatic N) is 1. The molecule has 1 unspecified atom stereocenters. The molecule has 7 heteroatoms. The lowest BCUT2D eigenvalue weighted by atomic mass is 9.90. The SMILES string of the molecule is CCOc1ccc(S(=O)(=O)N2CCC(C)(C(=O)O)C2)c2ccccc12. The highest BCUT2D eigenvalue weighted by atomic mass is 32.2. The van der Waals surface area contributed by atoms with Gasteiger partial charge in [0.25, 0.3) is 0 Å². The lowest BCUT2D eigenvalue weighted by molar-refractivity contribution is -0.146. The minimum atomic E-state index is -3.79. The van der Waals surface area contributed by atoms with E-state index in [1.807, 2.05) is 19.1 Å². The first-order valence-electron chi connectivity index (χ1n) is 8.18. The van der Waals surface area contributed by atoms with Crippen LogP contribution in [0, 0.1) is 5.41 Å². The summed E-state index contributed by atoms with van der Waals surface area (Å²) in [4.78, 5) is 11.6. The van der Waals surface area contributed by atoms with Gasteiger partial charge >= 0.3 is 5.97 Å². The zero-order chi connectivity index (χ0) is 18.2. The van der Waals surface area contributed by atoms with Crippen molar-refractivity contribution >= 4 is 26.8 Å². The van der Waals surface area contributed by atoms with Gasteiger partial charge in [-0.3, -0.25) is 4.79 Å². The van der Waals surface area contributed by atoms with Crippen LogP contribution in [-0.4, -0.2) is 43.5 Å². The van der Waals surface area contributed by atoms with Crippen molar-refractivity contribution in [3.05, 3.63) is 36.4 Å². The molecule has 134 valence electrons. The highest BCUT2D eigenvalue weighted by molar-refractivity contribution is 7.89. The van der Waals surface area contributed by atoms with Crippen LogP contribution < -0.4 is 4.74 Å². The van der Waals surface area contributed by atoms with E-state index >= 15 is 0 Å². The van der Waals surface area contributed by atoms with Gasteiger partial charge in [0.1, 0.15) is 5.75 Å². The zero-order valence-electron chi connectivity index (χ0n) is 14.2. The molecule has 1 aliphatic heterocycles. The van der Waals surface area contributed by atoms with Crippen molar-refractivity contribution in [3.63, 3.8) is 0 Å². The lowest BCUT2D eigenvalue weighted by Gasteiger charge is -2.21. The molecule has 0 radical (unpaired) electrons. The molecule has 6 nitrogen and oxygen atoms in total. The van der Waals surface area contributed by atoms with E-state index in [4.69, 9.17) is 4.74 Å². The van der Waals surface area contributed by atoms with E-state index in [0.29, 0.717) is 24.2 Å². The van der Waals surface area contributed by atoms with Crippen LogP contribution in [0.4, 0.5) is 0 Å². The van der Waals surface area contributed by atoms with Crippen LogP contribution in [0.15, 0.2) is 41.3 Å². The van der Waals surface area contributed by atoms with Gasteiger partial charge in [-0.05, 0) is 32.4 Å². The molecule has 0 amide bonds. The molecule has 1 fully saturated rings. The Bertz CT molecular complexity index is 924. The number of benzene rings is 2. The van der Waals surface area contributed by atoms with Crippen LogP contribution in [0.5, 0.6) is 5.75 Å². The fourth-order valence-corrected chi connectivity index (χ4v) is 4.95. The van der Waals surface area contributed by atoms with Gasteiger partial charge in [0.2, 0.25) is 10.0 Å². The maximum atomic E-state index is 13.1. The Hall–Kier alpha value is -2.12. The largest absolute Gasteiger partial charge is 0.493 e. The van der Waals surface area contributed by atoms with Crippen molar-refractivity contribution in [1.29, 1.82) is 0 Å². The maximum absolute atomic E-state index is 13.1. The van der Waals surface area contributed by atoms with Gasteiger partial charge in [0, 0.05) is 23.9 Å². The summed E-state index contributed by atoms with van der Waals surface area (Å²) in [6.45, 7) is 4.12. The van der Waals surface area contributed by atoms with Gasteiger partial charge in [-0.1, -0.05) is 24.3 Å². The highest BCUT2D eigenvalue weighted by Gasteiger charge is 2.45. The summed E-state index contributed by atoms with van der Waals surface area (Å²) in [6, 6.07) is 10.4. The Morgan fingerprint density at radius 3 is 2.52 bits per heavy atom. The van der Waals surface area contributed by atoms with Crippen molar-refractivity contribution in [2.24, 2.45) is 5.41 Å². The number of aliphatic carboxylic acids is 1. The van der Waals surface area contributed by atoms with Crippen LogP contribution in [0.1, 0.15) is 20.3 Å². The Kier molecular flexibility index (Phi) is 4.47. The molecular formula is C18H21NO5S. The minimum absolute atomic E-state index is 0.0216. The normalized spacial score (nSPS) is 21.5. The number of sulfonamides is 1. The molecule has 0 aromatic heterocycles. The molecule has 0 spiro atoms. The number of hydrogen-bond donors (Lipinski definition) is 1. The molecule has 0 saturated carbocycles. The number of carbonyl (C=O) groups is 1. The number of hydrogen-bond acceptors (Lipinski definition) is 4. The molecule has 1 N–H and O–H groups in total. The third kappa shape index (κ3) is 2.98. The number of carboxylic acid groups (broad SMARTS) is 1. The zero-order valence-corrected chi connectivity index (χ0v) is 15.0. The standard InChI is InChI=1S/C18H21NO5S/c1-3-24-15-8-9-16(14-7-5-4-6-13(14)15)25(22,23)19-11-10-18(2,12-19)17(20)21/h4-9H,3,10-12H2,1-2H3,(H,20,21). The first-order valence-corrected chi connectivity index (χ1v) is 9.62. The number of rotatable bonds is 5. The van der Waals surface area contributed by atoms with Gasteiger partial charge in [-0.2, -0.15) is 4.31 Å². The van der Waals surface area contributed by atoms with Gasteiger partial charge < -0.3 is 9.84 Å². The summed E-state index contributed by atoms with van der Waals surface area (Å²) >= 11 is 0. The maximum Gasteiger partial charge on any atom is 0.310 e. The van der Waals surface area contributed by atoms with E-state index in [9.17, 15) is 18.3 Å². The molecular weight excluding hydrogens is 342 g/mol. The van der Waals surface area contributed by atoms with E-state index in [-0.39, 0.29) is 18.0 Å². The second-order valence-electron chi connectivity index (χ2n) is 6.49. The Balaban J connectivity index is 2.07. The smallest absolute Gasteiger partial charge is 0.310 e. The Morgan fingerprint density at radius 2 is 1.92 bits per heavy atom. The molecule has 0 bridgehead atoms. The fraction of sp³-hybridized carbons (Fsp3) is 0.389. The van der Waals surface area contributed by atoms with Gasteiger partial charge in [-0.25, -0.2) is 8.42 Å². The van der Waals surface area contributed by atoms with Crippen LogP contribution in [-0.2, 0) is 14.8 Å². The van der Waals surface area contributed by atoms with Crippen LogP contribution in [0.2, 0.25) is 0 Å². The van der Waals surface area contributed by atoms with Crippen molar-refractivity contribution in [3.8, 4) is 5.75 Å². The number of fused-ring (bicyclic) bond motifs is 1. The molecule has 25 heavy (non-hydrogen) atoms. The van der Waals surface area contributed by atoms with Gasteiger partial charge in [-0.15, -0.1) is 0 Å². The summed E-state index contributed by atoms with van der Waals surface area (Å²) < 4.78 is 33.1. The van der Waals surface area contributed by atoms with E-state index in [0.717, 1.165) is 5.39 Å². The quantitative estimate of drug-likeness (QED) is 0.883. The molecule has 1 aliphatic rings. The molecule has 2 aromatic carbocycles. The summed E-state index contributed by atoms with van der Waals surface area (Å²) in [6.07, 6.45) is 0.302. The number of ether oxygens (including phenoxy) is 1. The molecule has 2 aromatic rings. The van der Waals surface area contributed by atoms with E-state index in [2.05, 4.69) is 0 Å². The average Bonchev–Trinajstić information content (AvgIpc) is 3.00. The Labute approximate surface area is 147 Å². The van der Waals surface area contributed by atoms with E-state index in [1.54, 1.807) is 31.2 Å². The molecule has 1 heterocycles. The third-order valence-electron chi connectivity index (χ3n) is 4.72. The van der Waals surface area contributed by atoms with E-state index < -0.39 is 21.4 Å². The summed E-state index contributed by atoms with van der Waals surface area (Å²) in [7, 11) is -3.79. The van der Waals surface area contributed by atoms with Crippen LogP contribution in [0.3, 0.4) is 0 Å². The highest BCUT2D eigenvalue weighted by Crippen LogP contribution is 2.37. The minimum Gasteiger partial charge on any atom is -0.493 e. The third-order valence-corrected chi connectivity index (χ3v) is 6.62. The summed E-state index contributed by atoms with van der Waals surface area (Å²) in [5, 5.41) is 10.7. The topological polar surface area (TPSA) is 83.9 Å². The van der Waals surface area contributed by atoms with Gasteiger partial charge in [0.15, 0.2) is 0 Å². The Morgan fingerprint density at radius 1 is 1.24 bits per heavy atom. The monoisotopic (exact) mass is 363 g/mol. The van der Waals surface area contributed by atoms with Crippen molar-refractivity contribution < 1.29 is 23.1 Å². The predicted molar refractivity (Wildman–Crippen MR) is 94.2 cm³/mol. The summed E-state index contributed by atoms with van der Waals surface area (Å²) in [5.41, 5.74) is -1.05. The van der Waals surface area contributed by atoms with E-state index in [1.165, 1.54) is 4.31 Å². The number of carboxylic acids is 1. The summed E-state index contributed by atoms with van der Waals surface area (Å²) in [5.74, 6) is -0.337. The predicted octanol–water partition coefficient (Wildman–Crippen LogP) is 2.72. The molecule has 1 saturated heterocycles. The van der Waals surface area contributed by atoms with Crippen molar-refractivity contribution in [2.75, 3.05) is 19.7 Å². The fourth-order valence-electron chi connectivity index (χ4n) is 3.19. The van der Waals surface area contributed by atoms with Gasteiger partial charge in [0.05, 0.1) is 16.9 Å². The lowest BCUT2D eigenvalue weighted by Crippen LogP contribution is -2.35. The molecule has 0 aliphatic carbocycles. The molecule has 1 atom stereocenters. The first-order chi connectivity index (χ1) is 11.8. The molecule has 3 rings (SSSR count). The second-order valence-corrected chi connectivity index (χ2v) is 8.40. The first kappa shape index (κ1) is 17.7.